The second kappa shape index (κ2) is 5.00. The van der Waals surface area contributed by atoms with E-state index in [-0.39, 0.29) is 5.95 Å². The minimum atomic E-state index is 0.223. The molecular weight excluding hydrogens is 252 g/mol. The third kappa shape index (κ3) is 2.31. The van der Waals surface area contributed by atoms with E-state index in [1.165, 1.54) is 0 Å². The van der Waals surface area contributed by atoms with Gasteiger partial charge in [0.15, 0.2) is 0 Å². The monoisotopic (exact) mass is 266 g/mol. The summed E-state index contributed by atoms with van der Waals surface area (Å²) >= 11 is 0. The fourth-order valence-electron chi connectivity index (χ4n) is 2.03. The Morgan fingerprint density at radius 2 is 1.95 bits per heavy atom. The van der Waals surface area contributed by atoms with Gasteiger partial charge >= 0.3 is 0 Å². The van der Waals surface area contributed by atoms with Gasteiger partial charge in [-0.1, -0.05) is 12.1 Å². The predicted molar refractivity (Wildman–Crippen MR) is 81.0 cm³/mol. The van der Waals surface area contributed by atoms with Crippen molar-refractivity contribution in [3.63, 3.8) is 0 Å². The van der Waals surface area contributed by atoms with Crippen LogP contribution in [0.5, 0.6) is 0 Å². The van der Waals surface area contributed by atoms with Crippen molar-refractivity contribution in [1.29, 1.82) is 0 Å². The summed E-state index contributed by atoms with van der Waals surface area (Å²) in [5.74, 6) is 1.54. The van der Waals surface area contributed by atoms with Gasteiger partial charge in [0.25, 0.3) is 0 Å². The van der Waals surface area contributed by atoms with Gasteiger partial charge < -0.3 is 16.4 Å². The Morgan fingerprint density at radius 1 is 1.10 bits per heavy atom. The molecule has 100 valence electrons. The highest BCUT2D eigenvalue weighted by Crippen LogP contribution is 2.25. The Bertz CT molecular complexity index is 750. The van der Waals surface area contributed by atoms with Gasteiger partial charge in [0.2, 0.25) is 5.95 Å². The number of fused-ring (bicyclic) bond motifs is 1. The second-order valence-electron chi connectivity index (χ2n) is 4.27. The molecule has 0 unspecified atom stereocenters. The van der Waals surface area contributed by atoms with Gasteiger partial charge in [0.05, 0.1) is 0 Å². The summed E-state index contributed by atoms with van der Waals surface area (Å²) in [6.07, 6.45) is 3.59. The number of benzene rings is 1. The van der Waals surface area contributed by atoms with Gasteiger partial charge in [0, 0.05) is 42.0 Å². The molecule has 2 aromatic heterocycles. The number of nitrogens with two attached hydrogens (primary N) is 1. The summed E-state index contributed by atoms with van der Waals surface area (Å²) in [6.45, 7) is 0. The van der Waals surface area contributed by atoms with Crippen molar-refractivity contribution >= 4 is 34.0 Å². The topological polar surface area (TPSA) is 88.8 Å². The smallest absolute Gasteiger partial charge is 0.223 e. The van der Waals surface area contributed by atoms with Crippen molar-refractivity contribution in [3.05, 3.63) is 42.7 Å². The van der Waals surface area contributed by atoms with Crippen LogP contribution in [0.1, 0.15) is 0 Å². The molecule has 0 saturated heterocycles. The largest absolute Gasteiger partial charge is 0.373 e. The van der Waals surface area contributed by atoms with Crippen molar-refractivity contribution in [2.45, 2.75) is 0 Å². The average Bonchev–Trinajstić information content (AvgIpc) is 2.47. The fraction of sp³-hybridized carbons (Fsp3) is 0.0714. The van der Waals surface area contributed by atoms with E-state index in [0.29, 0.717) is 11.6 Å². The molecule has 0 aliphatic carbocycles. The summed E-state index contributed by atoms with van der Waals surface area (Å²) in [5.41, 5.74) is 6.64. The second-order valence-corrected chi connectivity index (χ2v) is 4.27. The molecule has 6 nitrogen and oxygen atoms in total. The van der Waals surface area contributed by atoms with E-state index in [4.69, 9.17) is 5.73 Å². The van der Waals surface area contributed by atoms with E-state index in [9.17, 15) is 0 Å². The predicted octanol–water partition coefficient (Wildman–Crippen LogP) is 2.39. The van der Waals surface area contributed by atoms with E-state index < -0.39 is 0 Å². The zero-order valence-electron chi connectivity index (χ0n) is 11.0. The first-order chi connectivity index (χ1) is 9.76. The molecule has 0 bridgehead atoms. The van der Waals surface area contributed by atoms with E-state index >= 15 is 0 Å². The van der Waals surface area contributed by atoms with Crippen LogP contribution in [-0.4, -0.2) is 22.0 Å². The number of hydrogen-bond acceptors (Lipinski definition) is 6. The number of anilines is 4. The first-order valence-electron chi connectivity index (χ1n) is 6.18. The van der Waals surface area contributed by atoms with Crippen LogP contribution in [0, 0.1) is 0 Å². The lowest BCUT2D eigenvalue weighted by atomic mass is 10.1. The number of nitrogens with zero attached hydrogens (tertiary/aromatic N) is 3. The van der Waals surface area contributed by atoms with Crippen LogP contribution in [0.15, 0.2) is 42.7 Å². The molecule has 6 heteroatoms. The van der Waals surface area contributed by atoms with E-state index in [0.717, 1.165) is 16.5 Å². The lowest BCUT2D eigenvalue weighted by Gasteiger charge is -2.10. The van der Waals surface area contributed by atoms with Crippen molar-refractivity contribution in [1.82, 2.24) is 15.0 Å². The summed E-state index contributed by atoms with van der Waals surface area (Å²) in [6, 6.07) is 9.73. The molecule has 0 atom stereocenters. The minimum Gasteiger partial charge on any atom is -0.373 e. The third-order valence-corrected chi connectivity index (χ3v) is 2.94. The SMILES string of the molecule is CNc1cc(Nc2cccc3cnccc23)nc(N)n1. The van der Waals surface area contributed by atoms with E-state index in [2.05, 4.69) is 25.6 Å². The number of hydrogen-bond donors (Lipinski definition) is 3. The van der Waals surface area contributed by atoms with Gasteiger partial charge in [-0.2, -0.15) is 9.97 Å². The maximum absolute atomic E-state index is 5.69. The highest BCUT2D eigenvalue weighted by molar-refractivity contribution is 5.94. The first kappa shape index (κ1) is 12.2. The van der Waals surface area contributed by atoms with Gasteiger partial charge in [-0.15, -0.1) is 0 Å². The number of nitrogen functional groups attached to an aromatic ring is 1. The molecule has 2 heterocycles. The number of pyridine rings is 1. The van der Waals surface area contributed by atoms with Gasteiger partial charge in [0.1, 0.15) is 11.6 Å². The molecule has 0 spiro atoms. The highest BCUT2D eigenvalue weighted by atomic mass is 15.1. The number of nitrogens with one attached hydrogen (secondary N) is 2. The average molecular weight is 266 g/mol. The van der Waals surface area contributed by atoms with Crippen LogP contribution in [0.3, 0.4) is 0 Å². The molecule has 4 N–H and O–H groups in total. The van der Waals surface area contributed by atoms with Crippen LogP contribution in [0.4, 0.5) is 23.3 Å². The zero-order valence-corrected chi connectivity index (χ0v) is 11.0. The molecule has 0 aliphatic rings. The number of rotatable bonds is 3. The van der Waals surface area contributed by atoms with Crippen LogP contribution >= 0.6 is 0 Å². The van der Waals surface area contributed by atoms with Gasteiger partial charge in [-0.25, -0.2) is 0 Å². The molecule has 0 radical (unpaired) electrons. The molecule has 1 aromatic carbocycles. The molecule has 0 aliphatic heterocycles. The number of aromatic nitrogens is 3. The van der Waals surface area contributed by atoms with Crippen molar-refractivity contribution in [2.24, 2.45) is 0 Å². The maximum atomic E-state index is 5.69. The van der Waals surface area contributed by atoms with E-state index in [1.807, 2.05) is 30.5 Å². The molecule has 0 saturated carbocycles. The Hall–Kier alpha value is -2.89. The normalized spacial score (nSPS) is 10.4. The lowest BCUT2D eigenvalue weighted by Crippen LogP contribution is -2.03. The lowest BCUT2D eigenvalue weighted by molar-refractivity contribution is 1.18. The molecule has 3 aromatic rings. The molecule has 0 amide bonds. The molecular formula is C14H14N6. The van der Waals surface area contributed by atoms with Crippen LogP contribution in [-0.2, 0) is 0 Å². The summed E-state index contributed by atoms with van der Waals surface area (Å²) in [7, 11) is 1.79. The highest BCUT2D eigenvalue weighted by Gasteiger charge is 2.04. The summed E-state index contributed by atoms with van der Waals surface area (Å²) < 4.78 is 0. The van der Waals surface area contributed by atoms with Crippen LogP contribution in [0.25, 0.3) is 10.8 Å². The minimum absolute atomic E-state index is 0.223. The van der Waals surface area contributed by atoms with Gasteiger partial charge in [-0.05, 0) is 12.1 Å². The Balaban J connectivity index is 2.03. The summed E-state index contributed by atoms with van der Waals surface area (Å²) in [4.78, 5) is 12.4. The Kier molecular flexibility index (Phi) is 3.04. The molecule has 0 fully saturated rings. The van der Waals surface area contributed by atoms with Crippen LogP contribution in [0.2, 0.25) is 0 Å². The quantitative estimate of drug-likeness (QED) is 0.674. The molecule has 20 heavy (non-hydrogen) atoms. The van der Waals surface area contributed by atoms with Crippen molar-refractivity contribution in [2.75, 3.05) is 23.4 Å². The summed E-state index contributed by atoms with van der Waals surface area (Å²) in [5, 5.41) is 8.35. The van der Waals surface area contributed by atoms with Crippen LogP contribution < -0.4 is 16.4 Å². The Labute approximate surface area is 116 Å². The van der Waals surface area contributed by atoms with Gasteiger partial charge in [-0.3, -0.25) is 4.98 Å². The standard InChI is InChI=1S/C14H14N6/c1-16-12-7-13(20-14(15)19-12)18-11-4-2-3-9-8-17-6-5-10(9)11/h2-8H,1H3,(H4,15,16,18,19,20). The third-order valence-electron chi connectivity index (χ3n) is 2.94. The van der Waals surface area contributed by atoms with Crippen molar-refractivity contribution < 1.29 is 0 Å². The maximum Gasteiger partial charge on any atom is 0.223 e. The first-order valence-corrected chi connectivity index (χ1v) is 6.18. The molecule has 3 rings (SSSR count). The van der Waals surface area contributed by atoms with Crippen molar-refractivity contribution in [3.8, 4) is 0 Å². The Morgan fingerprint density at radius 3 is 2.80 bits per heavy atom. The van der Waals surface area contributed by atoms with E-state index in [1.54, 1.807) is 19.3 Å². The zero-order chi connectivity index (χ0) is 13.9. The fourth-order valence-corrected chi connectivity index (χ4v) is 2.03.